The third-order valence-corrected chi connectivity index (χ3v) is 6.33. The van der Waals surface area contributed by atoms with Crippen molar-refractivity contribution in [1.29, 1.82) is 0 Å². The van der Waals surface area contributed by atoms with Crippen molar-refractivity contribution in [3.8, 4) is 0 Å². The lowest BCUT2D eigenvalue weighted by molar-refractivity contribution is -0.113. The van der Waals surface area contributed by atoms with Crippen LogP contribution in [-0.4, -0.2) is 59.4 Å². The van der Waals surface area contributed by atoms with Gasteiger partial charge in [-0.2, -0.15) is 4.98 Å². The largest absolute Gasteiger partial charge is 0.367 e. The number of hydrogen-bond acceptors (Lipinski definition) is 6. The lowest BCUT2D eigenvalue weighted by Gasteiger charge is -2.35. The number of nitrogens with zero attached hydrogens (tertiary/aromatic N) is 4. The van der Waals surface area contributed by atoms with Crippen molar-refractivity contribution >= 4 is 23.4 Å². The summed E-state index contributed by atoms with van der Waals surface area (Å²) in [6.07, 6.45) is 2.72. The molecule has 7 nitrogen and oxygen atoms in total. The first kappa shape index (κ1) is 19.9. The minimum Gasteiger partial charge on any atom is -0.325 e. The predicted octanol–water partition coefficient (Wildman–Crippen LogP) is 1.49. The number of thioether (sulfide) groups is 1. The van der Waals surface area contributed by atoms with Crippen molar-refractivity contribution < 1.29 is 9.18 Å². The molecule has 2 aromatic rings. The average molecular weight is 418 g/mol. The van der Waals surface area contributed by atoms with Crippen LogP contribution < -0.4 is 16.0 Å². The highest BCUT2D eigenvalue weighted by Gasteiger charge is 2.26. The van der Waals surface area contributed by atoms with Gasteiger partial charge >= 0.3 is 5.69 Å². The predicted molar refractivity (Wildman–Crippen MR) is 112 cm³/mol. The smallest absolute Gasteiger partial charge is 0.325 e. The Morgan fingerprint density at radius 1 is 1.17 bits per heavy atom. The summed E-state index contributed by atoms with van der Waals surface area (Å²) >= 11 is 1.29. The molecular formula is C20H24FN5O2S. The van der Waals surface area contributed by atoms with Crippen molar-refractivity contribution in [1.82, 2.24) is 14.6 Å². The van der Waals surface area contributed by atoms with E-state index in [9.17, 15) is 14.0 Å². The van der Waals surface area contributed by atoms with Gasteiger partial charge in [0.05, 0.1) is 11.4 Å². The Kier molecular flexibility index (Phi) is 5.86. The number of piperazine rings is 1. The molecular weight excluding hydrogens is 393 g/mol. The molecule has 1 fully saturated rings. The molecule has 0 saturated carbocycles. The fourth-order valence-electron chi connectivity index (χ4n) is 3.78. The lowest BCUT2D eigenvalue weighted by atomic mass is 10.3. The fraction of sp³-hybridized carbons (Fsp3) is 0.450. The number of carbonyl (C=O) groups is 1. The van der Waals surface area contributed by atoms with Gasteiger partial charge in [-0.3, -0.25) is 4.79 Å². The number of halogens is 1. The molecule has 1 saturated heterocycles. The molecule has 1 aliphatic heterocycles. The molecule has 1 aromatic heterocycles. The molecule has 0 radical (unpaired) electrons. The van der Waals surface area contributed by atoms with Gasteiger partial charge in [0.25, 0.3) is 0 Å². The van der Waals surface area contributed by atoms with Crippen LogP contribution in [-0.2, 0) is 17.6 Å². The van der Waals surface area contributed by atoms with Crippen LogP contribution in [0.2, 0.25) is 0 Å². The van der Waals surface area contributed by atoms with Crippen molar-refractivity contribution in [2.75, 3.05) is 49.3 Å². The number of rotatable bonds is 5. The molecule has 1 N–H and O–H groups in total. The first-order valence-corrected chi connectivity index (χ1v) is 10.8. The second kappa shape index (κ2) is 8.54. The summed E-state index contributed by atoms with van der Waals surface area (Å²) in [7, 11) is 2.08. The quantitative estimate of drug-likeness (QED) is 0.587. The van der Waals surface area contributed by atoms with Crippen molar-refractivity contribution in [3.05, 3.63) is 51.8 Å². The SMILES string of the molecule is CN1CCN(n2c3c(c(SCC(=O)Nc4ccc(F)cc4)nc2=O)CCC3)CC1. The molecule has 154 valence electrons. The van der Waals surface area contributed by atoms with Gasteiger partial charge < -0.3 is 15.2 Å². The number of aromatic nitrogens is 2. The third-order valence-electron chi connectivity index (χ3n) is 5.31. The number of nitrogens with one attached hydrogen (secondary N) is 1. The Hall–Kier alpha value is -2.39. The Balaban J connectivity index is 1.48. The number of anilines is 1. The van der Waals surface area contributed by atoms with Gasteiger partial charge in [0.2, 0.25) is 5.91 Å². The van der Waals surface area contributed by atoms with E-state index in [0.717, 1.165) is 56.7 Å². The minimum atomic E-state index is -0.349. The molecule has 1 aromatic carbocycles. The van der Waals surface area contributed by atoms with Crippen LogP contribution in [0.25, 0.3) is 0 Å². The van der Waals surface area contributed by atoms with Crippen LogP contribution in [0.15, 0.2) is 34.1 Å². The van der Waals surface area contributed by atoms with Gasteiger partial charge in [0, 0.05) is 37.4 Å². The number of fused-ring (bicyclic) bond motifs is 1. The zero-order valence-electron chi connectivity index (χ0n) is 16.4. The van der Waals surface area contributed by atoms with E-state index in [1.54, 1.807) is 4.68 Å². The zero-order valence-corrected chi connectivity index (χ0v) is 17.2. The molecule has 4 rings (SSSR count). The standard InChI is InChI=1S/C20H24FN5O2S/c1-24-9-11-25(12-10-24)26-17-4-2-3-16(17)19(23-20(26)28)29-13-18(27)22-15-7-5-14(21)6-8-15/h5-8H,2-4,9-13H2,1H3,(H,22,27). The highest BCUT2D eigenvalue weighted by atomic mass is 32.2. The van der Waals surface area contributed by atoms with Crippen LogP contribution in [0.5, 0.6) is 0 Å². The van der Waals surface area contributed by atoms with E-state index in [-0.39, 0.29) is 23.2 Å². The van der Waals surface area contributed by atoms with Gasteiger partial charge in [-0.05, 0) is 50.6 Å². The molecule has 0 unspecified atom stereocenters. The van der Waals surface area contributed by atoms with Gasteiger partial charge in [0.15, 0.2) is 0 Å². The van der Waals surface area contributed by atoms with Crippen LogP contribution in [0.1, 0.15) is 17.7 Å². The van der Waals surface area contributed by atoms with E-state index in [4.69, 9.17) is 0 Å². The highest BCUT2D eigenvalue weighted by Crippen LogP contribution is 2.29. The van der Waals surface area contributed by atoms with Crippen LogP contribution in [0, 0.1) is 5.82 Å². The molecule has 2 aliphatic rings. The summed E-state index contributed by atoms with van der Waals surface area (Å²) in [6, 6.07) is 5.64. The van der Waals surface area contributed by atoms with Crippen molar-refractivity contribution in [3.63, 3.8) is 0 Å². The van der Waals surface area contributed by atoms with E-state index in [1.807, 2.05) is 0 Å². The van der Waals surface area contributed by atoms with E-state index < -0.39 is 0 Å². The van der Waals surface area contributed by atoms with Crippen LogP contribution in [0.4, 0.5) is 10.1 Å². The zero-order chi connectivity index (χ0) is 20.4. The fourth-order valence-corrected chi connectivity index (χ4v) is 4.66. The lowest BCUT2D eigenvalue weighted by Crippen LogP contribution is -2.54. The molecule has 0 atom stereocenters. The van der Waals surface area contributed by atoms with E-state index in [1.165, 1.54) is 36.0 Å². The monoisotopic (exact) mass is 417 g/mol. The maximum Gasteiger partial charge on any atom is 0.367 e. The first-order valence-electron chi connectivity index (χ1n) is 9.78. The maximum absolute atomic E-state index is 13.0. The molecule has 0 spiro atoms. The summed E-state index contributed by atoms with van der Waals surface area (Å²) in [4.78, 5) is 31.6. The Labute approximate surface area is 172 Å². The molecule has 2 heterocycles. The molecule has 1 amide bonds. The summed E-state index contributed by atoms with van der Waals surface area (Å²) < 4.78 is 14.7. The van der Waals surface area contributed by atoms with E-state index in [0.29, 0.717) is 10.7 Å². The highest BCUT2D eigenvalue weighted by molar-refractivity contribution is 8.00. The molecule has 0 bridgehead atoms. The first-order chi connectivity index (χ1) is 14.0. The minimum absolute atomic E-state index is 0.148. The number of carbonyl (C=O) groups excluding carboxylic acids is 1. The van der Waals surface area contributed by atoms with E-state index in [2.05, 4.69) is 27.3 Å². The second-order valence-corrected chi connectivity index (χ2v) is 8.35. The van der Waals surface area contributed by atoms with Crippen LogP contribution in [0.3, 0.4) is 0 Å². The van der Waals surface area contributed by atoms with Crippen molar-refractivity contribution in [2.24, 2.45) is 0 Å². The van der Waals surface area contributed by atoms with Crippen molar-refractivity contribution in [2.45, 2.75) is 24.3 Å². The Morgan fingerprint density at radius 3 is 2.62 bits per heavy atom. The van der Waals surface area contributed by atoms with Gasteiger partial charge in [-0.25, -0.2) is 13.9 Å². The second-order valence-electron chi connectivity index (χ2n) is 7.39. The Morgan fingerprint density at radius 2 is 1.90 bits per heavy atom. The third kappa shape index (κ3) is 4.45. The average Bonchev–Trinajstić information content (AvgIpc) is 3.19. The van der Waals surface area contributed by atoms with E-state index >= 15 is 0 Å². The number of amides is 1. The normalized spacial score (nSPS) is 16.7. The topological polar surface area (TPSA) is 70.5 Å². The Bertz CT molecular complexity index is 955. The summed E-state index contributed by atoms with van der Waals surface area (Å²) in [5.74, 6) is -0.411. The summed E-state index contributed by atoms with van der Waals surface area (Å²) in [5.41, 5.74) is 2.40. The number of benzene rings is 1. The van der Waals surface area contributed by atoms with Gasteiger partial charge in [-0.15, -0.1) is 0 Å². The number of likely N-dealkylation sites (N-methyl/N-ethyl adjacent to an activating group) is 1. The number of hydrogen-bond donors (Lipinski definition) is 1. The molecule has 9 heteroatoms. The van der Waals surface area contributed by atoms with Crippen LogP contribution >= 0.6 is 11.8 Å². The maximum atomic E-state index is 13.0. The molecule has 1 aliphatic carbocycles. The van der Waals surface area contributed by atoms with Gasteiger partial charge in [0.1, 0.15) is 10.8 Å². The van der Waals surface area contributed by atoms with Gasteiger partial charge in [-0.1, -0.05) is 11.8 Å². The molecule has 29 heavy (non-hydrogen) atoms. The summed E-state index contributed by atoms with van der Waals surface area (Å²) in [6.45, 7) is 3.44. The summed E-state index contributed by atoms with van der Waals surface area (Å²) in [5, 5.41) is 5.49.